The predicted molar refractivity (Wildman–Crippen MR) is 46.4 cm³/mol. The minimum atomic E-state index is -0.395. The third kappa shape index (κ3) is 1.93. The van der Waals surface area contributed by atoms with Crippen molar-refractivity contribution in [3.05, 3.63) is 28.8 Å². The van der Waals surface area contributed by atoms with Crippen molar-refractivity contribution in [2.45, 2.75) is 19.4 Å². The first-order valence-corrected chi connectivity index (χ1v) is 4.09. The summed E-state index contributed by atoms with van der Waals surface area (Å²) in [5.41, 5.74) is 6.07. The molecule has 2 N–H and O–H groups in total. The van der Waals surface area contributed by atoms with Crippen molar-refractivity contribution in [1.29, 1.82) is 0 Å². The van der Waals surface area contributed by atoms with Gasteiger partial charge < -0.3 is 5.73 Å². The third-order valence-corrected chi connectivity index (χ3v) is 1.90. The molecule has 1 unspecified atom stereocenters. The highest BCUT2D eigenvalue weighted by molar-refractivity contribution is 6.29. The Morgan fingerprint density at radius 3 is 3.00 bits per heavy atom. The lowest BCUT2D eigenvalue weighted by molar-refractivity contribution is 0.570. The van der Waals surface area contributed by atoms with Gasteiger partial charge in [0, 0.05) is 11.6 Å². The zero-order valence-corrected chi connectivity index (χ0v) is 7.48. The Labute approximate surface area is 75.6 Å². The molecule has 0 aliphatic rings. The van der Waals surface area contributed by atoms with Gasteiger partial charge in [-0.1, -0.05) is 18.5 Å². The summed E-state index contributed by atoms with van der Waals surface area (Å²) < 4.78 is 13.0. The Morgan fingerprint density at radius 1 is 1.75 bits per heavy atom. The molecule has 1 aromatic rings. The SMILES string of the molecule is CCC(N)c1cc(Cl)ncc1F. The van der Waals surface area contributed by atoms with E-state index in [1.807, 2.05) is 6.92 Å². The predicted octanol–water partition coefficient (Wildman–Crippen LogP) is 2.28. The Morgan fingerprint density at radius 2 is 2.42 bits per heavy atom. The van der Waals surface area contributed by atoms with Crippen molar-refractivity contribution in [2.75, 3.05) is 0 Å². The van der Waals surface area contributed by atoms with Crippen LogP contribution in [0.2, 0.25) is 5.15 Å². The lowest BCUT2D eigenvalue weighted by atomic mass is 10.1. The summed E-state index contributed by atoms with van der Waals surface area (Å²) in [7, 11) is 0. The molecule has 4 heteroatoms. The van der Waals surface area contributed by atoms with E-state index in [0.29, 0.717) is 12.0 Å². The van der Waals surface area contributed by atoms with Crippen molar-refractivity contribution in [2.24, 2.45) is 5.73 Å². The van der Waals surface area contributed by atoms with Crippen molar-refractivity contribution < 1.29 is 4.39 Å². The Bertz CT molecular complexity index is 278. The van der Waals surface area contributed by atoms with E-state index in [1.165, 1.54) is 6.07 Å². The van der Waals surface area contributed by atoms with Crippen LogP contribution in [0.1, 0.15) is 24.9 Å². The van der Waals surface area contributed by atoms with E-state index in [4.69, 9.17) is 17.3 Å². The van der Waals surface area contributed by atoms with Gasteiger partial charge in [0.1, 0.15) is 11.0 Å². The summed E-state index contributed by atoms with van der Waals surface area (Å²) in [6.07, 6.45) is 1.77. The zero-order chi connectivity index (χ0) is 9.14. The van der Waals surface area contributed by atoms with Gasteiger partial charge in [0.15, 0.2) is 0 Å². The first-order valence-electron chi connectivity index (χ1n) is 3.71. The highest BCUT2D eigenvalue weighted by Gasteiger charge is 2.10. The molecular weight excluding hydrogens is 179 g/mol. The number of nitrogens with two attached hydrogens (primary N) is 1. The van der Waals surface area contributed by atoms with Gasteiger partial charge in [-0.3, -0.25) is 0 Å². The molecule has 0 fully saturated rings. The van der Waals surface area contributed by atoms with Crippen molar-refractivity contribution >= 4 is 11.6 Å². The molecule has 0 saturated heterocycles. The molecule has 12 heavy (non-hydrogen) atoms. The molecule has 0 aliphatic carbocycles. The number of nitrogens with zero attached hydrogens (tertiary/aromatic N) is 1. The molecule has 0 spiro atoms. The topological polar surface area (TPSA) is 38.9 Å². The average Bonchev–Trinajstić information content (AvgIpc) is 2.08. The molecule has 1 atom stereocenters. The number of rotatable bonds is 2. The van der Waals surface area contributed by atoms with Crippen LogP contribution in [-0.2, 0) is 0 Å². The fourth-order valence-corrected chi connectivity index (χ4v) is 1.10. The molecule has 0 aromatic carbocycles. The van der Waals surface area contributed by atoms with Crippen LogP contribution in [0.25, 0.3) is 0 Å². The fourth-order valence-electron chi connectivity index (χ4n) is 0.931. The van der Waals surface area contributed by atoms with Crippen LogP contribution >= 0.6 is 11.6 Å². The van der Waals surface area contributed by atoms with Crippen LogP contribution in [0.3, 0.4) is 0 Å². The maximum atomic E-state index is 13.0. The molecule has 1 rings (SSSR count). The fraction of sp³-hybridized carbons (Fsp3) is 0.375. The molecule has 0 bridgehead atoms. The Balaban J connectivity index is 3.04. The molecule has 66 valence electrons. The molecule has 0 saturated carbocycles. The first-order chi connectivity index (χ1) is 5.65. The number of halogens is 2. The molecule has 0 aliphatic heterocycles. The van der Waals surface area contributed by atoms with Crippen LogP contribution in [0.5, 0.6) is 0 Å². The van der Waals surface area contributed by atoms with Gasteiger partial charge in [-0.25, -0.2) is 9.37 Å². The molecule has 1 heterocycles. The summed E-state index contributed by atoms with van der Waals surface area (Å²) in [6, 6.07) is 1.16. The molecule has 2 nitrogen and oxygen atoms in total. The summed E-state index contributed by atoms with van der Waals surface area (Å²) in [5.74, 6) is -0.395. The summed E-state index contributed by atoms with van der Waals surface area (Å²) in [6.45, 7) is 1.89. The zero-order valence-electron chi connectivity index (χ0n) is 6.72. The standard InChI is InChI=1S/C8H10ClFN2/c1-2-7(11)5-3-8(9)12-4-6(5)10/h3-4,7H,2,11H2,1H3. The highest BCUT2D eigenvalue weighted by Crippen LogP contribution is 2.19. The van der Waals surface area contributed by atoms with E-state index < -0.39 is 5.82 Å². The minimum Gasteiger partial charge on any atom is -0.324 e. The number of aromatic nitrogens is 1. The first kappa shape index (κ1) is 9.42. The molecule has 1 aromatic heterocycles. The summed E-state index contributed by atoms with van der Waals surface area (Å²) >= 11 is 5.58. The van der Waals surface area contributed by atoms with Crippen LogP contribution < -0.4 is 5.73 Å². The maximum Gasteiger partial charge on any atom is 0.146 e. The summed E-state index contributed by atoms with van der Waals surface area (Å²) in [4.78, 5) is 3.59. The van der Waals surface area contributed by atoms with E-state index in [2.05, 4.69) is 4.98 Å². The highest BCUT2D eigenvalue weighted by atomic mass is 35.5. The Kier molecular flexibility index (Phi) is 3.00. The van der Waals surface area contributed by atoms with Gasteiger partial charge >= 0.3 is 0 Å². The van der Waals surface area contributed by atoms with Crippen LogP contribution in [0, 0.1) is 5.82 Å². The molecular formula is C8H10ClFN2. The van der Waals surface area contributed by atoms with E-state index in [9.17, 15) is 4.39 Å². The van der Waals surface area contributed by atoms with Crippen LogP contribution in [0.15, 0.2) is 12.3 Å². The summed E-state index contributed by atoms with van der Waals surface area (Å²) in [5, 5.41) is 0.273. The Hall–Kier alpha value is -0.670. The normalized spacial score (nSPS) is 13.0. The van der Waals surface area contributed by atoms with Crippen LogP contribution in [-0.4, -0.2) is 4.98 Å². The number of hydrogen-bond donors (Lipinski definition) is 1. The van der Waals surface area contributed by atoms with E-state index >= 15 is 0 Å². The van der Waals surface area contributed by atoms with Gasteiger partial charge in [0.2, 0.25) is 0 Å². The van der Waals surface area contributed by atoms with Gasteiger partial charge in [-0.15, -0.1) is 0 Å². The van der Waals surface area contributed by atoms with Gasteiger partial charge in [0.25, 0.3) is 0 Å². The van der Waals surface area contributed by atoms with Crippen molar-refractivity contribution in [3.63, 3.8) is 0 Å². The third-order valence-electron chi connectivity index (χ3n) is 1.69. The van der Waals surface area contributed by atoms with E-state index in [0.717, 1.165) is 6.20 Å². The molecule has 0 radical (unpaired) electrons. The van der Waals surface area contributed by atoms with Crippen LogP contribution in [0.4, 0.5) is 4.39 Å². The average molecular weight is 189 g/mol. The lowest BCUT2D eigenvalue weighted by Gasteiger charge is -2.09. The van der Waals surface area contributed by atoms with E-state index in [1.54, 1.807) is 0 Å². The quantitative estimate of drug-likeness (QED) is 0.724. The minimum absolute atomic E-state index is 0.273. The second kappa shape index (κ2) is 3.83. The monoisotopic (exact) mass is 188 g/mol. The second-order valence-corrected chi connectivity index (χ2v) is 2.93. The largest absolute Gasteiger partial charge is 0.324 e. The lowest BCUT2D eigenvalue weighted by Crippen LogP contribution is -2.10. The van der Waals surface area contributed by atoms with Gasteiger partial charge in [-0.05, 0) is 12.5 Å². The van der Waals surface area contributed by atoms with Crippen molar-refractivity contribution in [3.8, 4) is 0 Å². The number of pyridine rings is 1. The van der Waals surface area contributed by atoms with E-state index in [-0.39, 0.29) is 11.2 Å². The molecule has 0 amide bonds. The number of hydrogen-bond acceptors (Lipinski definition) is 2. The van der Waals surface area contributed by atoms with Gasteiger partial charge in [0.05, 0.1) is 6.20 Å². The smallest absolute Gasteiger partial charge is 0.146 e. The second-order valence-electron chi connectivity index (χ2n) is 2.54. The van der Waals surface area contributed by atoms with Crippen molar-refractivity contribution in [1.82, 2.24) is 4.98 Å². The van der Waals surface area contributed by atoms with Gasteiger partial charge in [-0.2, -0.15) is 0 Å². The maximum absolute atomic E-state index is 13.0.